The molecule has 1 saturated heterocycles. The molecule has 26 heavy (non-hydrogen) atoms. The van der Waals surface area contributed by atoms with Crippen LogP contribution < -0.4 is 4.90 Å². The lowest BCUT2D eigenvalue weighted by molar-refractivity contribution is 0.382. The van der Waals surface area contributed by atoms with E-state index in [0.717, 1.165) is 11.4 Å². The molecule has 0 N–H and O–H groups in total. The molecule has 0 aliphatic carbocycles. The average Bonchev–Trinajstić information content (AvgIpc) is 3.01. The summed E-state index contributed by atoms with van der Waals surface area (Å²) < 4.78 is 28.4. The molecule has 9 heteroatoms. The van der Waals surface area contributed by atoms with Gasteiger partial charge in [-0.05, 0) is 24.6 Å². The molecule has 0 unspecified atom stereocenters. The van der Waals surface area contributed by atoms with Crippen molar-refractivity contribution in [3.8, 4) is 0 Å². The number of hydrogen-bond acceptors (Lipinski definition) is 6. The number of aryl methyl sites for hydroxylation is 1. The van der Waals surface area contributed by atoms with Crippen LogP contribution in [0.1, 0.15) is 11.4 Å². The number of sulfonamides is 1. The van der Waals surface area contributed by atoms with Gasteiger partial charge in [-0.3, -0.25) is 0 Å². The summed E-state index contributed by atoms with van der Waals surface area (Å²) in [7, 11) is -3.31. The standard InChI is InChI=1S/C17H20N6O2S/c1-14-18-16-7-8-17(20-23(16)19-14)21-9-11-22(12-10-21)26(24,25)13-15-5-3-2-4-6-15/h2-8H,9-13H2,1H3. The van der Waals surface area contributed by atoms with Crippen molar-refractivity contribution in [3.63, 3.8) is 0 Å². The van der Waals surface area contributed by atoms with Gasteiger partial charge in [0.25, 0.3) is 0 Å². The maximum atomic E-state index is 12.6. The molecule has 1 aliphatic heterocycles. The highest BCUT2D eigenvalue weighted by molar-refractivity contribution is 7.88. The Morgan fingerprint density at radius 3 is 2.42 bits per heavy atom. The third-order valence-electron chi connectivity index (χ3n) is 4.45. The Balaban J connectivity index is 1.44. The smallest absolute Gasteiger partial charge is 0.218 e. The second-order valence-electron chi connectivity index (χ2n) is 6.33. The molecule has 3 aromatic rings. The summed E-state index contributed by atoms with van der Waals surface area (Å²) in [5, 5.41) is 8.71. The predicted molar refractivity (Wildman–Crippen MR) is 98.4 cm³/mol. The molecule has 1 aliphatic rings. The zero-order chi connectivity index (χ0) is 18.1. The minimum Gasteiger partial charge on any atom is -0.352 e. The first-order valence-corrected chi connectivity index (χ1v) is 10.1. The zero-order valence-corrected chi connectivity index (χ0v) is 15.3. The molecule has 3 heterocycles. The monoisotopic (exact) mass is 372 g/mol. The first kappa shape index (κ1) is 16.9. The van der Waals surface area contributed by atoms with Crippen LogP contribution in [0.4, 0.5) is 5.82 Å². The second kappa shape index (κ2) is 6.65. The molecular formula is C17H20N6O2S. The minimum absolute atomic E-state index is 0.0380. The maximum absolute atomic E-state index is 12.6. The number of aromatic nitrogens is 4. The van der Waals surface area contributed by atoms with Crippen LogP contribution in [-0.4, -0.2) is 58.7 Å². The number of anilines is 1. The molecule has 0 saturated carbocycles. The fourth-order valence-corrected chi connectivity index (χ4v) is 4.63. The topological polar surface area (TPSA) is 83.7 Å². The maximum Gasteiger partial charge on any atom is 0.218 e. The summed E-state index contributed by atoms with van der Waals surface area (Å²) in [6, 6.07) is 13.1. The first-order valence-electron chi connectivity index (χ1n) is 8.49. The average molecular weight is 372 g/mol. The van der Waals surface area contributed by atoms with Crippen molar-refractivity contribution in [3.05, 3.63) is 53.9 Å². The lowest BCUT2D eigenvalue weighted by Crippen LogP contribution is -2.49. The van der Waals surface area contributed by atoms with E-state index >= 15 is 0 Å². The van der Waals surface area contributed by atoms with Crippen molar-refractivity contribution in [1.82, 2.24) is 24.1 Å². The molecule has 0 spiro atoms. The lowest BCUT2D eigenvalue weighted by atomic mass is 10.2. The Hall–Kier alpha value is -2.52. The van der Waals surface area contributed by atoms with Gasteiger partial charge in [0.2, 0.25) is 10.0 Å². The fourth-order valence-electron chi connectivity index (χ4n) is 3.12. The Bertz CT molecular complexity index is 1010. The minimum atomic E-state index is -3.31. The number of fused-ring (bicyclic) bond motifs is 1. The van der Waals surface area contributed by atoms with E-state index in [2.05, 4.69) is 20.1 Å². The van der Waals surface area contributed by atoms with E-state index in [-0.39, 0.29) is 5.75 Å². The van der Waals surface area contributed by atoms with E-state index in [1.165, 1.54) is 4.63 Å². The van der Waals surface area contributed by atoms with E-state index in [1.54, 1.807) is 4.31 Å². The lowest BCUT2D eigenvalue weighted by Gasteiger charge is -2.34. The SMILES string of the molecule is Cc1nc2ccc(N3CCN(S(=O)(=O)Cc4ccccc4)CC3)nn2n1. The zero-order valence-electron chi connectivity index (χ0n) is 14.5. The van der Waals surface area contributed by atoms with Gasteiger partial charge >= 0.3 is 0 Å². The summed E-state index contributed by atoms with van der Waals surface area (Å²) >= 11 is 0. The largest absolute Gasteiger partial charge is 0.352 e. The molecule has 1 fully saturated rings. The van der Waals surface area contributed by atoms with Crippen molar-refractivity contribution in [2.45, 2.75) is 12.7 Å². The normalized spacial score (nSPS) is 16.3. The quantitative estimate of drug-likeness (QED) is 0.682. The summed E-state index contributed by atoms with van der Waals surface area (Å²) in [4.78, 5) is 6.34. The van der Waals surface area contributed by atoms with E-state index in [4.69, 9.17) is 0 Å². The van der Waals surface area contributed by atoms with Crippen molar-refractivity contribution in [1.29, 1.82) is 0 Å². The van der Waals surface area contributed by atoms with Crippen molar-refractivity contribution >= 4 is 21.5 Å². The molecule has 1 aromatic carbocycles. The highest BCUT2D eigenvalue weighted by Crippen LogP contribution is 2.18. The Morgan fingerprint density at radius 1 is 0.962 bits per heavy atom. The van der Waals surface area contributed by atoms with E-state index in [0.29, 0.717) is 37.7 Å². The van der Waals surface area contributed by atoms with Crippen LogP contribution in [0.5, 0.6) is 0 Å². The Morgan fingerprint density at radius 2 is 1.69 bits per heavy atom. The molecular weight excluding hydrogens is 352 g/mol. The second-order valence-corrected chi connectivity index (χ2v) is 8.30. The van der Waals surface area contributed by atoms with Crippen LogP contribution in [0.15, 0.2) is 42.5 Å². The van der Waals surface area contributed by atoms with E-state index in [9.17, 15) is 8.42 Å². The van der Waals surface area contributed by atoms with E-state index in [1.807, 2.05) is 49.4 Å². The van der Waals surface area contributed by atoms with Crippen LogP contribution in [0.25, 0.3) is 5.65 Å². The number of rotatable bonds is 4. The molecule has 0 radical (unpaired) electrons. The molecule has 2 aromatic heterocycles. The van der Waals surface area contributed by atoms with Crippen LogP contribution in [0.3, 0.4) is 0 Å². The van der Waals surface area contributed by atoms with Gasteiger partial charge in [0.1, 0.15) is 5.82 Å². The van der Waals surface area contributed by atoms with Gasteiger partial charge in [0.15, 0.2) is 11.5 Å². The van der Waals surface area contributed by atoms with Gasteiger partial charge < -0.3 is 4.90 Å². The number of benzene rings is 1. The third-order valence-corrected chi connectivity index (χ3v) is 6.30. The van der Waals surface area contributed by atoms with Gasteiger partial charge in [0, 0.05) is 26.2 Å². The van der Waals surface area contributed by atoms with Crippen LogP contribution in [0.2, 0.25) is 0 Å². The number of hydrogen-bond donors (Lipinski definition) is 0. The summed E-state index contributed by atoms with van der Waals surface area (Å²) in [6.07, 6.45) is 0. The summed E-state index contributed by atoms with van der Waals surface area (Å²) in [5.41, 5.74) is 1.51. The number of piperazine rings is 1. The Labute approximate surface area is 152 Å². The summed E-state index contributed by atoms with van der Waals surface area (Å²) in [5.74, 6) is 1.49. The highest BCUT2D eigenvalue weighted by Gasteiger charge is 2.27. The van der Waals surface area contributed by atoms with Crippen molar-refractivity contribution in [2.75, 3.05) is 31.1 Å². The molecule has 8 nitrogen and oxygen atoms in total. The Kier molecular flexibility index (Phi) is 4.33. The molecule has 0 bridgehead atoms. The molecule has 0 amide bonds. The van der Waals surface area contributed by atoms with Gasteiger partial charge in [-0.15, -0.1) is 14.8 Å². The van der Waals surface area contributed by atoms with Gasteiger partial charge in [-0.25, -0.2) is 13.4 Å². The van der Waals surface area contributed by atoms with Gasteiger partial charge in [0.05, 0.1) is 5.75 Å². The third kappa shape index (κ3) is 3.40. The van der Waals surface area contributed by atoms with Gasteiger partial charge in [-0.1, -0.05) is 30.3 Å². The fraction of sp³-hybridized carbons (Fsp3) is 0.353. The molecule has 136 valence electrons. The van der Waals surface area contributed by atoms with Crippen LogP contribution >= 0.6 is 0 Å². The predicted octanol–water partition coefficient (Wildman–Crippen LogP) is 1.08. The van der Waals surface area contributed by atoms with Crippen molar-refractivity contribution < 1.29 is 8.42 Å². The molecule has 4 rings (SSSR count). The molecule has 0 atom stereocenters. The van der Waals surface area contributed by atoms with Crippen molar-refractivity contribution in [2.24, 2.45) is 0 Å². The first-order chi connectivity index (χ1) is 12.5. The summed E-state index contributed by atoms with van der Waals surface area (Å²) in [6.45, 7) is 3.92. The highest BCUT2D eigenvalue weighted by atomic mass is 32.2. The van der Waals surface area contributed by atoms with E-state index < -0.39 is 10.0 Å². The number of nitrogens with zero attached hydrogens (tertiary/aromatic N) is 6. The van der Waals surface area contributed by atoms with Gasteiger partial charge in [-0.2, -0.15) is 4.31 Å². The van der Waals surface area contributed by atoms with Crippen LogP contribution in [-0.2, 0) is 15.8 Å². The van der Waals surface area contributed by atoms with Crippen LogP contribution in [0, 0.1) is 6.92 Å².